The van der Waals surface area contributed by atoms with E-state index in [1.807, 2.05) is 6.92 Å². The molecule has 0 radical (unpaired) electrons. The second-order valence-corrected chi connectivity index (χ2v) is 11.8. The fourth-order valence-electron chi connectivity index (χ4n) is 9.10. The quantitative estimate of drug-likeness (QED) is 0.625. The summed E-state index contributed by atoms with van der Waals surface area (Å²) in [4.78, 5) is 13.2. The van der Waals surface area contributed by atoms with E-state index in [1.54, 1.807) is 10.9 Å². The van der Waals surface area contributed by atoms with Crippen molar-refractivity contribution < 1.29 is 14.6 Å². The molecule has 0 aliphatic heterocycles. The highest BCUT2D eigenvalue weighted by atomic mass is 16.5. The Morgan fingerprint density at radius 2 is 1.97 bits per heavy atom. The molecule has 186 valence electrons. The van der Waals surface area contributed by atoms with Gasteiger partial charge < -0.3 is 9.84 Å². The van der Waals surface area contributed by atoms with Gasteiger partial charge in [-0.1, -0.05) is 6.92 Å². The van der Waals surface area contributed by atoms with Gasteiger partial charge in [-0.15, -0.1) is 0 Å². The van der Waals surface area contributed by atoms with Crippen LogP contribution in [0.1, 0.15) is 83.6 Å². The molecule has 4 aliphatic carbocycles. The number of ketones is 1. The molecule has 34 heavy (non-hydrogen) atoms. The van der Waals surface area contributed by atoms with Crippen LogP contribution in [-0.2, 0) is 16.1 Å². The molecule has 1 aromatic rings. The Kier molecular flexibility index (Phi) is 6.63. The first-order chi connectivity index (χ1) is 16.4. The Hall–Kier alpha value is -1.71. The smallest absolute Gasteiger partial charge is 0.157 e. The van der Waals surface area contributed by atoms with Gasteiger partial charge in [-0.3, -0.25) is 9.48 Å². The number of ether oxygens (including phenoxy) is 1. The van der Waals surface area contributed by atoms with E-state index in [2.05, 4.69) is 18.1 Å². The van der Waals surface area contributed by atoms with Crippen LogP contribution < -0.4 is 0 Å². The van der Waals surface area contributed by atoms with Crippen LogP contribution in [0.15, 0.2) is 12.4 Å². The summed E-state index contributed by atoms with van der Waals surface area (Å²) < 4.78 is 7.31. The topological polar surface area (TPSA) is 88.1 Å². The first kappa shape index (κ1) is 24.0. The third-order valence-electron chi connectivity index (χ3n) is 10.6. The van der Waals surface area contributed by atoms with Crippen LogP contribution in [0.4, 0.5) is 0 Å². The number of nitriles is 1. The molecular formula is C28H41N3O3. The maximum absolute atomic E-state index is 13.2. The third-order valence-corrected chi connectivity index (χ3v) is 10.6. The number of Topliss-reactive ketones (excluding diaryl/α,β-unsaturated/α-hetero) is 1. The van der Waals surface area contributed by atoms with E-state index < -0.39 is 5.60 Å². The number of carbonyl (C=O) groups excluding carboxylic acids is 1. The molecular weight excluding hydrogens is 426 g/mol. The van der Waals surface area contributed by atoms with Crippen LogP contribution >= 0.6 is 0 Å². The van der Waals surface area contributed by atoms with Crippen molar-refractivity contribution in [1.82, 2.24) is 9.78 Å². The molecule has 4 fully saturated rings. The molecule has 5 rings (SSSR count). The lowest BCUT2D eigenvalue weighted by Gasteiger charge is -2.61. The average Bonchev–Trinajstić information content (AvgIpc) is 3.49. The summed E-state index contributed by atoms with van der Waals surface area (Å²) in [5.41, 5.74) is 0.225. The largest absolute Gasteiger partial charge is 0.387 e. The van der Waals surface area contributed by atoms with E-state index in [-0.39, 0.29) is 5.92 Å². The van der Waals surface area contributed by atoms with E-state index in [1.165, 1.54) is 44.7 Å². The van der Waals surface area contributed by atoms with Crippen LogP contribution in [0.25, 0.3) is 0 Å². The van der Waals surface area contributed by atoms with Crippen molar-refractivity contribution in [3.05, 3.63) is 18.0 Å². The Labute approximate surface area is 204 Å². The molecule has 0 spiro atoms. The summed E-state index contributed by atoms with van der Waals surface area (Å²) in [7, 11) is 0. The first-order valence-electron chi connectivity index (χ1n) is 13.7. The third kappa shape index (κ3) is 4.03. The average molecular weight is 468 g/mol. The zero-order valence-electron chi connectivity index (χ0n) is 20.9. The summed E-state index contributed by atoms with van der Waals surface area (Å²) in [6.07, 6.45) is 14.4. The van der Waals surface area contributed by atoms with Crippen molar-refractivity contribution in [2.45, 2.75) is 90.2 Å². The van der Waals surface area contributed by atoms with Gasteiger partial charge >= 0.3 is 0 Å². The predicted octanol–water partition coefficient (Wildman–Crippen LogP) is 4.75. The van der Waals surface area contributed by atoms with Gasteiger partial charge in [0.15, 0.2) is 5.78 Å². The van der Waals surface area contributed by atoms with E-state index >= 15 is 0 Å². The Morgan fingerprint density at radius 3 is 2.71 bits per heavy atom. The lowest BCUT2D eigenvalue weighted by atomic mass is 9.44. The predicted molar refractivity (Wildman–Crippen MR) is 129 cm³/mol. The Morgan fingerprint density at radius 1 is 1.18 bits per heavy atom. The normalized spacial score (nSPS) is 41.2. The van der Waals surface area contributed by atoms with Crippen molar-refractivity contribution in [3.63, 3.8) is 0 Å². The molecule has 0 amide bonds. The first-order valence-corrected chi connectivity index (χ1v) is 13.7. The van der Waals surface area contributed by atoms with Crippen molar-refractivity contribution in [3.8, 4) is 6.07 Å². The molecule has 1 N–H and O–H groups in total. The molecule has 6 heteroatoms. The molecule has 1 unspecified atom stereocenters. The van der Waals surface area contributed by atoms with Crippen molar-refractivity contribution in [1.29, 1.82) is 5.26 Å². The van der Waals surface area contributed by atoms with Gasteiger partial charge in [0, 0.05) is 18.7 Å². The standard InChI is InChI=1S/C28H41N3O3/c1-3-28-12-11-27(33,18-34-4-2)13-20(28)5-6-23-21-7-8-24(22(21)9-10-25(23)28)26(32)17-31-16-19(14-29)15-30-31/h15-16,20-25,33H,3-13,17-18H2,1-2H3/t20-,21-,22?,23+,24+,25+,27-,28+/m1/s1. The number of fused-ring (bicyclic) bond motifs is 5. The van der Waals surface area contributed by atoms with Gasteiger partial charge in [-0.2, -0.15) is 10.4 Å². The minimum atomic E-state index is -0.647. The van der Waals surface area contributed by atoms with Gasteiger partial charge in [0.1, 0.15) is 6.07 Å². The van der Waals surface area contributed by atoms with Crippen LogP contribution in [0.3, 0.4) is 0 Å². The van der Waals surface area contributed by atoms with E-state index in [0.29, 0.717) is 54.3 Å². The maximum Gasteiger partial charge on any atom is 0.157 e. The number of hydrogen-bond donors (Lipinski definition) is 1. The van der Waals surface area contributed by atoms with E-state index in [4.69, 9.17) is 10.00 Å². The Bertz CT molecular complexity index is 938. The fourth-order valence-corrected chi connectivity index (χ4v) is 9.10. The van der Waals surface area contributed by atoms with Crippen LogP contribution in [-0.4, -0.2) is 39.5 Å². The molecule has 4 saturated carbocycles. The van der Waals surface area contributed by atoms with Crippen molar-refractivity contribution in [2.75, 3.05) is 13.2 Å². The van der Waals surface area contributed by atoms with Gasteiger partial charge in [0.05, 0.1) is 30.5 Å². The highest BCUT2D eigenvalue weighted by molar-refractivity contribution is 5.81. The van der Waals surface area contributed by atoms with Gasteiger partial charge in [-0.05, 0) is 106 Å². The second-order valence-electron chi connectivity index (χ2n) is 11.8. The highest BCUT2D eigenvalue weighted by Gasteiger charge is 2.59. The summed E-state index contributed by atoms with van der Waals surface area (Å²) in [6.45, 7) is 5.83. The molecule has 8 atom stereocenters. The van der Waals surface area contributed by atoms with Crippen LogP contribution in [0.5, 0.6) is 0 Å². The zero-order valence-corrected chi connectivity index (χ0v) is 20.9. The maximum atomic E-state index is 13.2. The van der Waals surface area contributed by atoms with Gasteiger partial charge in [-0.25, -0.2) is 0 Å². The Balaban J connectivity index is 1.28. The summed E-state index contributed by atoms with van der Waals surface area (Å²) in [5, 5.41) is 24.5. The van der Waals surface area contributed by atoms with Crippen LogP contribution in [0.2, 0.25) is 0 Å². The summed E-state index contributed by atoms with van der Waals surface area (Å²) in [5.74, 6) is 3.72. The lowest BCUT2D eigenvalue weighted by Crippen LogP contribution is -2.56. The number of nitrogens with zero attached hydrogens (tertiary/aromatic N) is 3. The zero-order chi connectivity index (χ0) is 23.9. The van der Waals surface area contributed by atoms with Gasteiger partial charge in [0.2, 0.25) is 0 Å². The number of hydrogen-bond acceptors (Lipinski definition) is 5. The molecule has 0 bridgehead atoms. The molecule has 4 aliphatic rings. The lowest BCUT2D eigenvalue weighted by molar-refractivity contribution is -0.165. The minimum absolute atomic E-state index is 0.152. The highest BCUT2D eigenvalue weighted by Crippen LogP contribution is 2.66. The number of aromatic nitrogens is 2. The van der Waals surface area contributed by atoms with Crippen molar-refractivity contribution in [2.24, 2.45) is 40.9 Å². The summed E-state index contributed by atoms with van der Waals surface area (Å²) >= 11 is 0. The van der Waals surface area contributed by atoms with E-state index in [0.717, 1.165) is 37.5 Å². The molecule has 0 aromatic carbocycles. The van der Waals surface area contributed by atoms with Crippen molar-refractivity contribution >= 4 is 5.78 Å². The fraction of sp³-hybridized carbons (Fsp3) is 0.821. The SMILES string of the molecule is CCOC[C@@]1(O)CC[C@@]2(CC)[C@H](CC[C@H]3[C@@H]4CC[C@H](C(=O)Cn5cc(C#N)cn5)C4CC[C@@H]32)C1. The summed E-state index contributed by atoms with van der Waals surface area (Å²) in [6, 6.07) is 2.10. The number of rotatable bonds is 7. The van der Waals surface area contributed by atoms with E-state index in [9.17, 15) is 9.90 Å². The molecule has 1 heterocycles. The molecule has 1 aromatic heterocycles. The van der Waals surface area contributed by atoms with Gasteiger partial charge in [0.25, 0.3) is 0 Å². The number of aliphatic hydroxyl groups is 1. The molecule has 0 saturated heterocycles. The number of carbonyl (C=O) groups is 1. The monoisotopic (exact) mass is 467 g/mol. The minimum Gasteiger partial charge on any atom is -0.387 e. The molecule has 6 nitrogen and oxygen atoms in total. The van der Waals surface area contributed by atoms with Crippen LogP contribution in [0, 0.1) is 52.3 Å². The second kappa shape index (κ2) is 9.39.